The predicted molar refractivity (Wildman–Crippen MR) is 78.8 cm³/mol. The molecule has 0 aliphatic heterocycles. The quantitative estimate of drug-likeness (QED) is 0.903. The number of carboxylic acids is 1. The summed E-state index contributed by atoms with van der Waals surface area (Å²) >= 11 is 0. The Labute approximate surface area is 122 Å². The van der Waals surface area contributed by atoms with Gasteiger partial charge in [-0.15, -0.1) is 0 Å². The lowest BCUT2D eigenvalue weighted by atomic mass is 10.0. The highest BCUT2D eigenvalue weighted by atomic mass is 16.4. The fraction of sp³-hybridized carbons (Fsp3) is 0.312. The molecular formula is C16H15N3O2. The highest BCUT2D eigenvalue weighted by Gasteiger charge is 2.33. The number of aliphatic carboxylic acids is 1. The molecule has 0 amide bonds. The van der Waals surface area contributed by atoms with Crippen molar-refractivity contribution in [2.45, 2.75) is 25.3 Å². The fourth-order valence-corrected chi connectivity index (χ4v) is 2.92. The lowest BCUT2D eigenvalue weighted by Crippen LogP contribution is -2.30. The van der Waals surface area contributed by atoms with E-state index in [9.17, 15) is 15.2 Å². The molecule has 2 unspecified atom stereocenters. The fourth-order valence-electron chi connectivity index (χ4n) is 2.92. The number of hydrogen-bond acceptors (Lipinski definition) is 4. The molecule has 2 aromatic rings. The number of hydrogen-bond donors (Lipinski definition) is 2. The zero-order valence-corrected chi connectivity index (χ0v) is 11.4. The summed E-state index contributed by atoms with van der Waals surface area (Å²) in [5, 5.41) is 22.6. The van der Waals surface area contributed by atoms with Gasteiger partial charge < -0.3 is 10.4 Å². The Morgan fingerprint density at radius 1 is 1.38 bits per heavy atom. The Kier molecular flexibility index (Phi) is 3.44. The molecule has 0 spiro atoms. The van der Waals surface area contributed by atoms with Crippen LogP contribution < -0.4 is 5.32 Å². The second-order valence-corrected chi connectivity index (χ2v) is 5.32. The molecule has 0 bridgehead atoms. The monoisotopic (exact) mass is 281 g/mol. The van der Waals surface area contributed by atoms with Gasteiger partial charge in [0, 0.05) is 11.4 Å². The lowest BCUT2D eigenvalue weighted by Gasteiger charge is -2.19. The van der Waals surface area contributed by atoms with E-state index in [1.807, 2.05) is 24.3 Å². The number of benzene rings is 1. The van der Waals surface area contributed by atoms with Gasteiger partial charge in [-0.2, -0.15) is 5.26 Å². The number of aromatic nitrogens is 1. The van der Waals surface area contributed by atoms with Gasteiger partial charge in [0.05, 0.1) is 17.0 Å². The van der Waals surface area contributed by atoms with E-state index in [1.54, 1.807) is 6.07 Å². The number of nitriles is 1. The molecule has 1 aromatic carbocycles. The minimum atomic E-state index is -0.788. The summed E-state index contributed by atoms with van der Waals surface area (Å²) in [6.07, 6.45) is 2.34. The van der Waals surface area contributed by atoms with Crippen LogP contribution in [-0.4, -0.2) is 22.1 Å². The van der Waals surface area contributed by atoms with Crippen molar-refractivity contribution in [3.05, 3.63) is 35.9 Å². The maximum atomic E-state index is 11.2. The molecule has 5 heteroatoms. The van der Waals surface area contributed by atoms with Crippen molar-refractivity contribution in [3.63, 3.8) is 0 Å². The lowest BCUT2D eigenvalue weighted by molar-refractivity contribution is -0.141. The summed E-state index contributed by atoms with van der Waals surface area (Å²) in [6, 6.07) is 11.3. The van der Waals surface area contributed by atoms with Gasteiger partial charge in [-0.05, 0) is 25.0 Å². The number of carboxylic acid groups (broad SMARTS) is 1. The number of nitrogens with one attached hydrogen (secondary N) is 1. The third kappa shape index (κ3) is 2.52. The standard InChI is InChI=1S/C16H15N3O2/c17-9-11-8-10-4-1-2-6-13(10)18-15(11)19-14-7-3-5-12(14)16(20)21/h1-2,4,6,8,12,14H,3,5,7H2,(H,18,19)(H,20,21). The molecule has 2 N–H and O–H groups in total. The van der Waals surface area contributed by atoms with Crippen LogP contribution >= 0.6 is 0 Å². The van der Waals surface area contributed by atoms with Gasteiger partial charge in [0.15, 0.2) is 0 Å². The van der Waals surface area contributed by atoms with Crippen molar-refractivity contribution in [1.82, 2.24) is 4.98 Å². The maximum absolute atomic E-state index is 11.2. The van der Waals surface area contributed by atoms with Crippen molar-refractivity contribution in [1.29, 1.82) is 5.26 Å². The number of pyridine rings is 1. The van der Waals surface area contributed by atoms with Crippen LogP contribution in [0.15, 0.2) is 30.3 Å². The van der Waals surface area contributed by atoms with Crippen LogP contribution in [0.4, 0.5) is 5.82 Å². The van der Waals surface area contributed by atoms with Gasteiger partial charge >= 0.3 is 5.97 Å². The molecule has 0 radical (unpaired) electrons. The smallest absolute Gasteiger partial charge is 0.308 e. The van der Waals surface area contributed by atoms with Gasteiger partial charge in [-0.25, -0.2) is 4.98 Å². The molecule has 0 saturated heterocycles. The highest BCUT2D eigenvalue weighted by Crippen LogP contribution is 2.30. The average Bonchev–Trinajstić information content (AvgIpc) is 2.95. The molecule has 2 atom stereocenters. The van der Waals surface area contributed by atoms with Gasteiger partial charge in [0.25, 0.3) is 0 Å². The molecule has 3 rings (SSSR count). The van der Waals surface area contributed by atoms with Crippen LogP contribution in [0.2, 0.25) is 0 Å². The summed E-state index contributed by atoms with van der Waals surface area (Å²) < 4.78 is 0. The summed E-state index contributed by atoms with van der Waals surface area (Å²) in [4.78, 5) is 15.7. The number of anilines is 1. The molecule has 106 valence electrons. The first-order valence-electron chi connectivity index (χ1n) is 6.98. The second-order valence-electron chi connectivity index (χ2n) is 5.32. The molecule has 21 heavy (non-hydrogen) atoms. The maximum Gasteiger partial charge on any atom is 0.308 e. The summed E-state index contributed by atoms with van der Waals surface area (Å²) in [7, 11) is 0. The van der Waals surface area contributed by atoms with Crippen LogP contribution in [0.1, 0.15) is 24.8 Å². The third-order valence-electron chi connectivity index (χ3n) is 4.00. The minimum absolute atomic E-state index is 0.164. The number of nitrogens with zero attached hydrogens (tertiary/aromatic N) is 2. The van der Waals surface area contributed by atoms with E-state index in [0.29, 0.717) is 17.8 Å². The van der Waals surface area contributed by atoms with Crippen molar-refractivity contribution >= 4 is 22.7 Å². The summed E-state index contributed by atoms with van der Waals surface area (Å²) in [5.41, 5.74) is 1.24. The van der Waals surface area contributed by atoms with E-state index >= 15 is 0 Å². The van der Waals surface area contributed by atoms with Crippen LogP contribution in [0.5, 0.6) is 0 Å². The Hall–Kier alpha value is -2.61. The van der Waals surface area contributed by atoms with Gasteiger partial charge in [0.1, 0.15) is 11.9 Å². The highest BCUT2D eigenvalue weighted by molar-refractivity contribution is 5.83. The molecule has 1 heterocycles. The predicted octanol–water partition coefficient (Wildman–Crippen LogP) is 2.77. The Morgan fingerprint density at radius 2 is 2.19 bits per heavy atom. The topological polar surface area (TPSA) is 86.0 Å². The van der Waals surface area contributed by atoms with Crippen LogP contribution in [-0.2, 0) is 4.79 Å². The van der Waals surface area contributed by atoms with E-state index in [4.69, 9.17) is 0 Å². The van der Waals surface area contributed by atoms with Crippen LogP contribution in [0.3, 0.4) is 0 Å². The zero-order valence-electron chi connectivity index (χ0n) is 11.4. The van der Waals surface area contributed by atoms with E-state index in [0.717, 1.165) is 23.7 Å². The Balaban J connectivity index is 1.96. The largest absolute Gasteiger partial charge is 0.481 e. The van der Waals surface area contributed by atoms with Crippen molar-refractivity contribution < 1.29 is 9.90 Å². The SMILES string of the molecule is N#Cc1cc2ccccc2nc1NC1CCCC1C(=O)O. The first-order chi connectivity index (χ1) is 10.2. The molecule has 1 fully saturated rings. The Bertz CT molecular complexity index is 736. The van der Waals surface area contributed by atoms with Crippen LogP contribution in [0.25, 0.3) is 10.9 Å². The minimum Gasteiger partial charge on any atom is -0.481 e. The number of carbonyl (C=O) groups is 1. The van der Waals surface area contributed by atoms with E-state index < -0.39 is 11.9 Å². The van der Waals surface area contributed by atoms with Gasteiger partial charge in [-0.3, -0.25) is 4.79 Å². The zero-order chi connectivity index (χ0) is 14.8. The third-order valence-corrected chi connectivity index (χ3v) is 4.00. The van der Waals surface area contributed by atoms with Gasteiger partial charge in [-0.1, -0.05) is 24.6 Å². The van der Waals surface area contributed by atoms with Crippen molar-refractivity contribution in [2.24, 2.45) is 5.92 Å². The van der Waals surface area contributed by atoms with Crippen LogP contribution in [0, 0.1) is 17.2 Å². The number of rotatable bonds is 3. The molecular weight excluding hydrogens is 266 g/mol. The number of fused-ring (bicyclic) bond motifs is 1. The average molecular weight is 281 g/mol. The first kappa shape index (κ1) is 13.4. The van der Waals surface area contributed by atoms with E-state index in [-0.39, 0.29) is 6.04 Å². The summed E-state index contributed by atoms with van der Waals surface area (Å²) in [6.45, 7) is 0. The molecule has 5 nitrogen and oxygen atoms in total. The molecule has 1 aromatic heterocycles. The molecule has 1 saturated carbocycles. The first-order valence-corrected chi connectivity index (χ1v) is 6.98. The van der Waals surface area contributed by atoms with Crippen molar-refractivity contribution in [3.8, 4) is 6.07 Å². The number of para-hydroxylation sites is 1. The molecule has 1 aliphatic rings. The van der Waals surface area contributed by atoms with Crippen molar-refractivity contribution in [2.75, 3.05) is 5.32 Å². The van der Waals surface area contributed by atoms with Gasteiger partial charge in [0.2, 0.25) is 0 Å². The second kappa shape index (κ2) is 5.41. The van der Waals surface area contributed by atoms with E-state index in [2.05, 4.69) is 16.4 Å². The molecule has 1 aliphatic carbocycles. The Morgan fingerprint density at radius 3 is 2.95 bits per heavy atom. The van der Waals surface area contributed by atoms with E-state index in [1.165, 1.54) is 0 Å². The summed E-state index contributed by atoms with van der Waals surface area (Å²) in [5.74, 6) is -0.719. The normalized spacial score (nSPS) is 21.1.